The van der Waals surface area contributed by atoms with Gasteiger partial charge >= 0.3 is 0 Å². The van der Waals surface area contributed by atoms with Crippen molar-refractivity contribution in [3.8, 4) is 0 Å². The third-order valence-corrected chi connectivity index (χ3v) is 6.36. The largest absolute Gasteiger partial charge is 0.354 e. The number of hydrogen-bond donors (Lipinski definition) is 2. The topological polar surface area (TPSA) is 80.4 Å². The number of carbonyl (C=O) groups excluding carboxylic acids is 1. The maximum atomic E-state index is 12.7. The fraction of sp³-hybridized carbons (Fsp3) is 0.409. The van der Waals surface area contributed by atoms with Crippen molar-refractivity contribution in [3.05, 3.63) is 70.0 Å². The first kappa shape index (κ1) is 18.1. The molecule has 5 rings (SSSR count). The maximum absolute atomic E-state index is 12.7. The summed E-state index contributed by atoms with van der Waals surface area (Å²) in [6.07, 6.45) is 5.02. The summed E-state index contributed by atoms with van der Waals surface area (Å²) in [5, 5.41) is 6.56. The molecule has 0 aromatic carbocycles. The highest BCUT2D eigenvalue weighted by Gasteiger charge is 2.37. The van der Waals surface area contributed by atoms with E-state index < -0.39 is 0 Å². The summed E-state index contributed by atoms with van der Waals surface area (Å²) in [4.78, 5) is 29.7. The molecule has 1 saturated heterocycles. The van der Waals surface area contributed by atoms with E-state index in [1.807, 2.05) is 46.4 Å². The molecule has 1 fully saturated rings. The Labute approximate surface area is 168 Å². The van der Waals surface area contributed by atoms with Crippen LogP contribution in [0.4, 0.5) is 0 Å². The molecule has 0 spiro atoms. The second-order valence-electron chi connectivity index (χ2n) is 8.19. The van der Waals surface area contributed by atoms with Crippen LogP contribution in [0.15, 0.2) is 47.5 Å². The minimum Gasteiger partial charge on any atom is -0.354 e. The third kappa shape index (κ3) is 3.15. The van der Waals surface area contributed by atoms with Gasteiger partial charge < -0.3 is 19.6 Å². The predicted molar refractivity (Wildman–Crippen MR) is 110 cm³/mol. The van der Waals surface area contributed by atoms with Crippen LogP contribution >= 0.6 is 0 Å². The number of fused-ring (bicyclic) bond motifs is 5. The number of nitrogens with one attached hydrogen (secondary N) is 2. The molecule has 2 aliphatic rings. The Kier molecular flexibility index (Phi) is 4.47. The first-order valence-electron chi connectivity index (χ1n) is 10.2. The first-order valence-corrected chi connectivity index (χ1v) is 10.2. The van der Waals surface area contributed by atoms with Gasteiger partial charge in [0.25, 0.3) is 5.56 Å². The lowest BCUT2D eigenvalue weighted by molar-refractivity contribution is -0.120. The Morgan fingerprint density at radius 2 is 2.17 bits per heavy atom. The highest BCUT2D eigenvalue weighted by Crippen LogP contribution is 2.38. The Hall–Kier alpha value is -2.93. The van der Waals surface area contributed by atoms with E-state index in [1.54, 1.807) is 12.3 Å². The van der Waals surface area contributed by atoms with Crippen LogP contribution in [0.2, 0.25) is 0 Å². The van der Waals surface area contributed by atoms with Crippen molar-refractivity contribution in [3.63, 3.8) is 0 Å². The van der Waals surface area contributed by atoms with Crippen LogP contribution in [-0.2, 0) is 11.2 Å². The number of rotatable bonds is 4. The van der Waals surface area contributed by atoms with Crippen molar-refractivity contribution in [1.82, 2.24) is 24.6 Å². The van der Waals surface area contributed by atoms with Crippen LogP contribution in [0.25, 0.3) is 5.65 Å². The summed E-state index contributed by atoms with van der Waals surface area (Å²) >= 11 is 0. The molecular formula is C22H25N5O2. The van der Waals surface area contributed by atoms with Crippen molar-refractivity contribution in [2.24, 2.45) is 5.92 Å². The predicted octanol–water partition coefficient (Wildman–Crippen LogP) is 1.41. The fourth-order valence-electron chi connectivity index (χ4n) is 4.95. The fourth-order valence-corrected chi connectivity index (χ4v) is 4.95. The lowest BCUT2D eigenvalue weighted by Crippen LogP contribution is -2.50. The second-order valence-corrected chi connectivity index (χ2v) is 8.19. The number of piperidine rings is 1. The van der Waals surface area contributed by atoms with Crippen molar-refractivity contribution in [2.75, 3.05) is 19.6 Å². The van der Waals surface area contributed by atoms with Gasteiger partial charge in [-0.05, 0) is 37.0 Å². The van der Waals surface area contributed by atoms with E-state index in [0.29, 0.717) is 18.4 Å². The van der Waals surface area contributed by atoms with Crippen LogP contribution < -0.4 is 16.2 Å². The van der Waals surface area contributed by atoms with Gasteiger partial charge in [-0.1, -0.05) is 12.1 Å². The van der Waals surface area contributed by atoms with Crippen molar-refractivity contribution >= 4 is 11.6 Å². The Morgan fingerprint density at radius 3 is 3.07 bits per heavy atom. The van der Waals surface area contributed by atoms with Gasteiger partial charge in [0.15, 0.2) is 0 Å². The molecule has 7 heteroatoms. The number of imidazole rings is 1. The van der Waals surface area contributed by atoms with E-state index in [2.05, 4.69) is 15.6 Å². The number of carbonyl (C=O) groups is 1. The molecule has 0 aliphatic carbocycles. The van der Waals surface area contributed by atoms with Crippen molar-refractivity contribution in [1.29, 1.82) is 0 Å². The number of nitrogens with zero attached hydrogens (tertiary/aromatic N) is 3. The molecule has 0 unspecified atom stereocenters. The average Bonchev–Trinajstić information content (AvgIpc) is 3.13. The first-order chi connectivity index (χ1) is 14.1. The minimum atomic E-state index is -0.0512. The summed E-state index contributed by atoms with van der Waals surface area (Å²) in [6, 6.07) is 9.46. The Balaban J connectivity index is 1.34. The SMILES string of the molecule is Cc1cccn2c(CC(=O)NC[C@H]3[C@@H]4CNC[C@@H](C4)c4cccc(=O)n43)cnc12. The van der Waals surface area contributed by atoms with Gasteiger partial charge in [-0.3, -0.25) is 9.59 Å². The average molecular weight is 391 g/mol. The molecular weight excluding hydrogens is 366 g/mol. The number of amides is 1. The number of aromatic nitrogens is 3. The lowest BCUT2D eigenvalue weighted by Gasteiger charge is -2.43. The van der Waals surface area contributed by atoms with Gasteiger partial charge in [0, 0.05) is 49.7 Å². The van der Waals surface area contributed by atoms with Crippen LogP contribution in [0.1, 0.15) is 35.3 Å². The summed E-state index contributed by atoms with van der Waals surface area (Å²) in [7, 11) is 0. The van der Waals surface area contributed by atoms with Gasteiger partial charge in [-0.2, -0.15) is 0 Å². The maximum Gasteiger partial charge on any atom is 0.251 e. The number of hydrogen-bond acceptors (Lipinski definition) is 4. The van der Waals surface area contributed by atoms with Gasteiger partial charge in [0.05, 0.1) is 18.2 Å². The molecule has 150 valence electrons. The molecule has 29 heavy (non-hydrogen) atoms. The van der Waals surface area contributed by atoms with Gasteiger partial charge in [-0.15, -0.1) is 0 Å². The molecule has 1 amide bonds. The number of aryl methyl sites for hydroxylation is 1. The molecule has 2 N–H and O–H groups in total. The standard InChI is InChI=1S/C22H25N5O2/c1-14-4-3-7-26-17(12-25-22(14)26)9-20(28)24-13-19-16-8-15(10-23-11-16)18-5-2-6-21(29)27(18)19/h2-7,12,15-16,19,23H,8-11,13H2,1H3,(H,24,28)/t15-,16+,19+/m1/s1. The number of pyridine rings is 2. The summed E-state index contributed by atoms with van der Waals surface area (Å²) < 4.78 is 3.88. The van der Waals surface area contributed by atoms with Crippen LogP contribution in [0, 0.1) is 12.8 Å². The van der Waals surface area contributed by atoms with E-state index in [0.717, 1.165) is 42.1 Å². The van der Waals surface area contributed by atoms with E-state index in [1.165, 1.54) is 0 Å². The molecule has 5 heterocycles. The van der Waals surface area contributed by atoms with E-state index >= 15 is 0 Å². The molecule has 2 aliphatic heterocycles. The smallest absolute Gasteiger partial charge is 0.251 e. The zero-order valence-electron chi connectivity index (χ0n) is 16.5. The van der Waals surface area contributed by atoms with E-state index in [-0.39, 0.29) is 23.9 Å². The summed E-state index contributed by atoms with van der Waals surface area (Å²) in [5.41, 5.74) is 3.92. The van der Waals surface area contributed by atoms with E-state index in [9.17, 15) is 9.59 Å². The van der Waals surface area contributed by atoms with Gasteiger partial charge in [0.1, 0.15) is 5.65 Å². The molecule has 3 aromatic rings. The monoisotopic (exact) mass is 391 g/mol. The summed E-state index contributed by atoms with van der Waals surface area (Å²) in [6.45, 7) is 4.26. The second kappa shape index (κ2) is 7.15. The molecule has 0 radical (unpaired) electrons. The zero-order valence-corrected chi connectivity index (χ0v) is 16.5. The third-order valence-electron chi connectivity index (χ3n) is 6.36. The lowest BCUT2D eigenvalue weighted by atomic mass is 9.79. The van der Waals surface area contributed by atoms with Gasteiger partial charge in [-0.25, -0.2) is 4.98 Å². The molecule has 2 bridgehead atoms. The Morgan fingerprint density at radius 1 is 1.28 bits per heavy atom. The summed E-state index contributed by atoms with van der Waals surface area (Å²) in [5.74, 6) is 0.667. The Bertz CT molecular complexity index is 1130. The van der Waals surface area contributed by atoms with Crippen LogP contribution in [0.5, 0.6) is 0 Å². The molecule has 7 nitrogen and oxygen atoms in total. The zero-order chi connectivity index (χ0) is 20.0. The van der Waals surface area contributed by atoms with Crippen LogP contribution in [0.3, 0.4) is 0 Å². The van der Waals surface area contributed by atoms with Crippen LogP contribution in [-0.4, -0.2) is 39.5 Å². The molecule has 3 atom stereocenters. The minimum absolute atomic E-state index is 0.0175. The highest BCUT2D eigenvalue weighted by atomic mass is 16.1. The normalized spacial score (nSPS) is 23.0. The van der Waals surface area contributed by atoms with E-state index in [4.69, 9.17) is 0 Å². The quantitative estimate of drug-likeness (QED) is 0.705. The van der Waals surface area contributed by atoms with Crippen molar-refractivity contribution < 1.29 is 4.79 Å². The highest BCUT2D eigenvalue weighted by molar-refractivity contribution is 5.78. The van der Waals surface area contributed by atoms with Crippen molar-refractivity contribution in [2.45, 2.75) is 31.7 Å². The van der Waals surface area contributed by atoms with Gasteiger partial charge in [0.2, 0.25) is 5.91 Å². The molecule has 3 aromatic heterocycles. The molecule has 0 saturated carbocycles.